The molecule has 144 valence electrons. The fourth-order valence-corrected chi connectivity index (χ4v) is 5.87. The SMILES string of the molecule is CC(C)=CCN1CCN(C(=O)CCCc2cn[nH]c2)[C@H]2CS(=O)(=O)C[C@H]21. The van der Waals surface area contributed by atoms with Gasteiger partial charge in [0.15, 0.2) is 9.84 Å². The monoisotopic (exact) mass is 380 g/mol. The Labute approximate surface area is 155 Å². The van der Waals surface area contributed by atoms with Crippen LogP contribution in [-0.2, 0) is 21.1 Å². The molecule has 1 N–H and O–H groups in total. The van der Waals surface area contributed by atoms with E-state index in [9.17, 15) is 13.2 Å². The Bertz CT molecular complexity index is 753. The second-order valence-electron chi connectivity index (χ2n) is 7.54. The zero-order valence-corrected chi connectivity index (χ0v) is 16.3. The molecule has 7 nitrogen and oxygen atoms in total. The molecule has 2 atom stereocenters. The van der Waals surface area contributed by atoms with E-state index in [0.29, 0.717) is 13.0 Å². The first-order valence-electron chi connectivity index (χ1n) is 9.21. The molecular formula is C18H28N4O3S. The van der Waals surface area contributed by atoms with E-state index in [4.69, 9.17) is 0 Å². The van der Waals surface area contributed by atoms with Crippen LogP contribution in [0.5, 0.6) is 0 Å². The van der Waals surface area contributed by atoms with Gasteiger partial charge < -0.3 is 4.90 Å². The molecule has 0 spiro atoms. The number of nitrogens with zero attached hydrogens (tertiary/aromatic N) is 3. The van der Waals surface area contributed by atoms with Gasteiger partial charge in [-0.3, -0.25) is 14.8 Å². The van der Waals surface area contributed by atoms with Crippen molar-refractivity contribution < 1.29 is 13.2 Å². The van der Waals surface area contributed by atoms with Crippen LogP contribution in [0.15, 0.2) is 24.0 Å². The molecule has 0 bridgehead atoms. The number of H-pyrrole nitrogens is 1. The number of piperazine rings is 1. The van der Waals surface area contributed by atoms with E-state index in [-0.39, 0.29) is 29.5 Å². The van der Waals surface area contributed by atoms with Crippen LogP contribution in [0, 0.1) is 0 Å². The third kappa shape index (κ3) is 4.54. The van der Waals surface area contributed by atoms with Crippen LogP contribution in [0.3, 0.4) is 0 Å². The lowest BCUT2D eigenvalue weighted by Crippen LogP contribution is -2.60. The molecule has 1 aromatic heterocycles. The molecule has 0 radical (unpaired) electrons. The lowest BCUT2D eigenvalue weighted by molar-refractivity contribution is -0.136. The molecule has 2 saturated heterocycles. The Kier molecular flexibility index (Phi) is 5.82. The topological polar surface area (TPSA) is 86.4 Å². The van der Waals surface area contributed by atoms with E-state index in [1.807, 2.05) is 24.9 Å². The first kappa shape index (κ1) is 19.1. The van der Waals surface area contributed by atoms with E-state index in [0.717, 1.165) is 31.5 Å². The number of carbonyl (C=O) groups is 1. The number of fused-ring (bicyclic) bond motifs is 1. The zero-order valence-electron chi connectivity index (χ0n) is 15.5. The molecule has 26 heavy (non-hydrogen) atoms. The summed E-state index contributed by atoms with van der Waals surface area (Å²) in [7, 11) is -3.09. The van der Waals surface area contributed by atoms with Crippen LogP contribution in [-0.4, -0.2) is 77.5 Å². The number of sulfone groups is 1. The fraction of sp³-hybridized carbons (Fsp3) is 0.667. The lowest BCUT2D eigenvalue weighted by Gasteiger charge is -2.43. The van der Waals surface area contributed by atoms with Gasteiger partial charge in [0, 0.05) is 38.3 Å². The van der Waals surface area contributed by atoms with Crippen LogP contribution in [0.25, 0.3) is 0 Å². The van der Waals surface area contributed by atoms with Crippen LogP contribution in [0.2, 0.25) is 0 Å². The number of nitrogens with one attached hydrogen (secondary N) is 1. The second kappa shape index (κ2) is 7.92. The predicted octanol–water partition coefficient (Wildman–Crippen LogP) is 1.01. The number of amides is 1. The smallest absolute Gasteiger partial charge is 0.222 e. The summed E-state index contributed by atoms with van der Waals surface area (Å²) < 4.78 is 24.5. The van der Waals surface area contributed by atoms with Gasteiger partial charge in [0.05, 0.1) is 23.7 Å². The molecular weight excluding hydrogens is 352 g/mol. The minimum Gasteiger partial charge on any atom is -0.336 e. The molecule has 3 rings (SSSR count). The molecule has 2 fully saturated rings. The van der Waals surface area contributed by atoms with E-state index in [2.05, 4.69) is 21.2 Å². The van der Waals surface area contributed by atoms with Gasteiger partial charge in [-0.2, -0.15) is 5.10 Å². The van der Waals surface area contributed by atoms with Gasteiger partial charge in [-0.05, 0) is 32.3 Å². The average Bonchev–Trinajstić information content (AvgIpc) is 3.18. The molecule has 0 aromatic carbocycles. The van der Waals surface area contributed by atoms with E-state index in [1.165, 1.54) is 5.57 Å². The number of hydrogen-bond donors (Lipinski definition) is 1. The van der Waals surface area contributed by atoms with Gasteiger partial charge in [-0.25, -0.2) is 8.42 Å². The highest BCUT2D eigenvalue weighted by Gasteiger charge is 2.47. The molecule has 8 heteroatoms. The van der Waals surface area contributed by atoms with E-state index < -0.39 is 9.84 Å². The Hall–Kier alpha value is -1.67. The number of hydrogen-bond acceptors (Lipinski definition) is 5. The van der Waals surface area contributed by atoms with Crippen molar-refractivity contribution in [3.05, 3.63) is 29.6 Å². The molecule has 3 heterocycles. The maximum atomic E-state index is 12.7. The maximum Gasteiger partial charge on any atom is 0.222 e. The van der Waals surface area contributed by atoms with Crippen molar-refractivity contribution >= 4 is 15.7 Å². The Balaban J connectivity index is 1.63. The summed E-state index contributed by atoms with van der Waals surface area (Å²) in [6.45, 7) is 6.18. The van der Waals surface area contributed by atoms with Crippen LogP contribution in [0.1, 0.15) is 32.3 Å². The summed E-state index contributed by atoms with van der Waals surface area (Å²) >= 11 is 0. The molecule has 1 amide bonds. The van der Waals surface area contributed by atoms with Crippen molar-refractivity contribution in [2.45, 2.75) is 45.2 Å². The van der Waals surface area contributed by atoms with Gasteiger partial charge in [0.2, 0.25) is 5.91 Å². The molecule has 2 aliphatic rings. The van der Waals surface area contributed by atoms with E-state index in [1.54, 1.807) is 6.20 Å². The molecule has 0 unspecified atom stereocenters. The highest BCUT2D eigenvalue weighted by atomic mass is 32.2. The summed E-state index contributed by atoms with van der Waals surface area (Å²) in [5.41, 5.74) is 2.31. The summed E-state index contributed by atoms with van der Waals surface area (Å²) in [5.74, 6) is 0.325. The number of allylic oxidation sites excluding steroid dienone is 1. The Morgan fingerprint density at radius 1 is 1.31 bits per heavy atom. The van der Waals surface area contributed by atoms with Gasteiger partial charge in [-0.1, -0.05) is 11.6 Å². The van der Waals surface area contributed by atoms with E-state index >= 15 is 0 Å². The van der Waals surface area contributed by atoms with Crippen molar-refractivity contribution in [1.82, 2.24) is 20.0 Å². The van der Waals surface area contributed by atoms with Crippen molar-refractivity contribution in [3.8, 4) is 0 Å². The summed E-state index contributed by atoms with van der Waals surface area (Å²) in [6, 6.07) is -0.289. The van der Waals surface area contributed by atoms with Crippen LogP contribution in [0.4, 0.5) is 0 Å². The number of aromatic nitrogens is 2. The fourth-order valence-electron chi connectivity index (χ4n) is 3.86. The van der Waals surface area contributed by atoms with Crippen LogP contribution < -0.4 is 0 Å². The van der Waals surface area contributed by atoms with Crippen molar-refractivity contribution in [2.75, 3.05) is 31.1 Å². The van der Waals surface area contributed by atoms with Crippen molar-refractivity contribution in [1.29, 1.82) is 0 Å². The van der Waals surface area contributed by atoms with Crippen molar-refractivity contribution in [3.63, 3.8) is 0 Å². The number of aryl methyl sites for hydroxylation is 1. The highest BCUT2D eigenvalue weighted by Crippen LogP contribution is 2.27. The third-order valence-corrected chi connectivity index (χ3v) is 6.96. The second-order valence-corrected chi connectivity index (χ2v) is 9.69. The quantitative estimate of drug-likeness (QED) is 0.745. The van der Waals surface area contributed by atoms with Crippen LogP contribution >= 0.6 is 0 Å². The first-order chi connectivity index (χ1) is 12.4. The molecule has 0 aliphatic carbocycles. The molecule has 2 aliphatic heterocycles. The number of rotatable bonds is 6. The average molecular weight is 381 g/mol. The minimum atomic E-state index is -3.09. The zero-order chi connectivity index (χ0) is 18.7. The largest absolute Gasteiger partial charge is 0.336 e. The Morgan fingerprint density at radius 2 is 2.08 bits per heavy atom. The van der Waals surface area contributed by atoms with Gasteiger partial charge in [-0.15, -0.1) is 0 Å². The number of aromatic amines is 1. The summed E-state index contributed by atoms with van der Waals surface area (Å²) in [4.78, 5) is 16.8. The third-order valence-electron chi connectivity index (χ3n) is 5.26. The predicted molar refractivity (Wildman–Crippen MR) is 100 cm³/mol. The normalized spacial score (nSPS) is 25.1. The molecule has 0 saturated carbocycles. The maximum absolute atomic E-state index is 12.7. The minimum absolute atomic E-state index is 0.0717. The van der Waals surface area contributed by atoms with Gasteiger partial charge in [0.1, 0.15) is 0 Å². The van der Waals surface area contributed by atoms with Gasteiger partial charge in [0.25, 0.3) is 0 Å². The van der Waals surface area contributed by atoms with Gasteiger partial charge >= 0.3 is 0 Å². The molecule has 1 aromatic rings. The summed E-state index contributed by atoms with van der Waals surface area (Å²) in [5, 5.41) is 6.68. The number of carbonyl (C=O) groups excluding carboxylic acids is 1. The Morgan fingerprint density at radius 3 is 2.77 bits per heavy atom. The standard InChI is InChI=1S/C18H28N4O3S/c1-14(2)6-7-21-8-9-22(17-13-26(24,25)12-16(17)21)18(23)5-3-4-15-10-19-20-11-15/h6,10-11,16-17H,3-5,7-9,12-13H2,1-2H3,(H,19,20)/t16-,17+/m1/s1. The highest BCUT2D eigenvalue weighted by molar-refractivity contribution is 7.91. The lowest BCUT2D eigenvalue weighted by atomic mass is 10.0. The summed E-state index contributed by atoms with van der Waals surface area (Å²) in [6.07, 6.45) is 7.74. The first-order valence-corrected chi connectivity index (χ1v) is 11.0. The van der Waals surface area contributed by atoms with Crippen molar-refractivity contribution in [2.24, 2.45) is 0 Å².